The van der Waals surface area contributed by atoms with Crippen molar-refractivity contribution in [2.45, 2.75) is 6.92 Å². The summed E-state index contributed by atoms with van der Waals surface area (Å²) in [5.74, 6) is 0.163. The summed E-state index contributed by atoms with van der Waals surface area (Å²) in [5, 5.41) is 0. The maximum absolute atomic E-state index is 13.1. The van der Waals surface area contributed by atoms with Gasteiger partial charge in [0.15, 0.2) is 0 Å². The largest absolute Gasteiger partial charge is 0.383 e. The fourth-order valence-corrected chi connectivity index (χ4v) is 1.60. The summed E-state index contributed by atoms with van der Waals surface area (Å²) >= 11 is 0. The van der Waals surface area contributed by atoms with Gasteiger partial charge in [-0.2, -0.15) is 0 Å². The number of rotatable bonds is 1. The van der Waals surface area contributed by atoms with Gasteiger partial charge in [0.05, 0.1) is 0 Å². The van der Waals surface area contributed by atoms with Crippen LogP contribution in [0.25, 0.3) is 11.1 Å². The first kappa shape index (κ1) is 9.65. The summed E-state index contributed by atoms with van der Waals surface area (Å²) in [6, 6.07) is 8.21. The minimum atomic E-state index is -0.268. The Morgan fingerprint density at radius 1 is 1.27 bits per heavy atom. The van der Waals surface area contributed by atoms with E-state index < -0.39 is 0 Å². The van der Waals surface area contributed by atoms with Crippen LogP contribution in [0, 0.1) is 12.7 Å². The second kappa shape index (κ2) is 3.69. The van der Waals surface area contributed by atoms with E-state index in [4.69, 9.17) is 5.73 Å². The first-order valence-corrected chi connectivity index (χ1v) is 4.65. The number of halogens is 1. The van der Waals surface area contributed by atoms with Gasteiger partial charge in [0.1, 0.15) is 11.6 Å². The summed E-state index contributed by atoms with van der Waals surface area (Å²) in [4.78, 5) is 4.00. The molecule has 0 saturated heterocycles. The Morgan fingerprint density at radius 2 is 2.07 bits per heavy atom. The SMILES string of the molecule is Cc1ccnc(N)c1-c1cccc(F)c1. The Morgan fingerprint density at radius 3 is 2.73 bits per heavy atom. The molecule has 2 rings (SSSR count). The zero-order chi connectivity index (χ0) is 10.8. The minimum Gasteiger partial charge on any atom is -0.383 e. The number of aromatic nitrogens is 1. The highest BCUT2D eigenvalue weighted by Gasteiger charge is 2.07. The van der Waals surface area contributed by atoms with Crippen LogP contribution in [0.4, 0.5) is 10.2 Å². The smallest absolute Gasteiger partial charge is 0.131 e. The van der Waals surface area contributed by atoms with Crippen molar-refractivity contribution >= 4 is 5.82 Å². The van der Waals surface area contributed by atoms with Gasteiger partial charge < -0.3 is 5.73 Å². The molecule has 0 spiro atoms. The maximum atomic E-state index is 13.1. The fraction of sp³-hybridized carbons (Fsp3) is 0.0833. The number of pyridine rings is 1. The van der Waals surface area contributed by atoms with E-state index in [1.807, 2.05) is 19.1 Å². The van der Waals surface area contributed by atoms with Crippen LogP contribution in [0.2, 0.25) is 0 Å². The van der Waals surface area contributed by atoms with Gasteiger partial charge in [0.25, 0.3) is 0 Å². The molecule has 1 aromatic heterocycles. The van der Waals surface area contributed by atoms with Gasteiger partial charge in [-0.15, -0.1) is 0 Å². The molecule has 0 saturated carbocycles. The first-order chi connectivity index (χ1) is 7.18. The van der Waals surface area contributed by atoms with E-state index in [0.717, 1.165) is 16.7 Å². The van der Waals surface area contributed by atoms with Gasteiger partial charge in [-0.05, 0) is 36.2 Å². The van der Waals surface area contributed by atoms with E-state index in [1.54, 1.807) is 12.3 Å². The van der Waals surface area contributed by atoms with E-state index in [0.29, 0.717) is 5.82 Å². The Bertz CT molecular complexity index is 474. The molecule has 2 N–H and O–H groups in total. The lowest BCUT2D eigenvalue weighted by Gasteiger charge is -2.08. The molecule has 3 heteroatoms. The molecule has 0 aliphatic heterocycles. The van der Waals surface area contributed by atoms with Crippen molar-refractivity contribution in [3.8, 4) is 11.1 Å². The monoisotopic (exact) mass is 202 g/mol. The molecule has 0 radical (unpaired) electrons. The number of nitrogen functional groups attached to an aromatic ring is 1. The molecule has 0 unspecified atom stereocenters. The lowest BCUT2D eigenvalue weighted by Crippen LogP contribution is -1.96. The highest BCUT2D eigenvalue weighted by atomic mass is 19.1. The van der Waals surface area contributed by atoms with Crippen LogP contribution in [-0.2, 0) is 0 Å². The van der Waals surface area contributed by atoms with E-state index in [2.05, 4.69) is 4.98 Å². The predicted molar refractivity (Wildman–Crippen MR) is 58.8 cm³/mol. The molecule has 1 aromatic carbocycles. The molecule has 15 heavy (non-hydrogen) atoms. The Balaban J connectivity index is 2.63. The molecule has 0 atom stereocenters. The third-order valence-corrected chi connectivity index (χ3v) is 2.30. The van der Waals surface area contributed by atoms with Crippen LogP contribution in [0.1, 0.15) is 5.56 Å². The molecular formula is C12H11FN2. The zero-order valence-corrected chi connectivity index (χ0v) is 8.37. The van der Waals surface area contributed by atoms with Gasteiger partial charge in [0.2, 0.25) is 0 Å². The first-order valence-electron chi connectivity index (χ1n) is 4.65. The van der Waals surface area contributed by atoms with Crippen LogP contribution in [0.15, 0.2) is 36.5 Å². The number of aryl methyl sites for hydroxylation is 1. The number of benzene rings is 1. The van der Waals surface area contributed by atoms with Crippen molar-refractivity contribution in [2.24, 2.45) is 0 Å². The van der Waals surface area contributed by atoms with Gasteiger partial charge in [-0.1, -0.05) is 12.1 Å². The van der Waals surface area contributed by atoms with Crippen molar-refractivity contribution < 1.29 is 4.39 Å². The van der Waals surface area contributed by atoms with Crippen LogP contribution in [0.5, 0.6) is 0 Å². The van der Waals surface area contributed by atoms with E-state index in [-0.39, 0.29) is 5.82 Å². The third kappa shape index (κ3) is 1.81. The quantitative estimate of drug-likeness (QED) is 0.772. The van der Waals surface area contributed by atoms with Gasteiger partial charge in [-0.3, -0.25) is 0 Å². The molecule has 0 aliphatic carbocycles. The van der Waals surface area contributed by atoms with Crippen LogP contribution in [0.3, 0.4) is 0 Å². The number of nitrogens with zero attached hydrogens (tertiary/aromatic N) is 1. The second-order valence-electron chi connectivity index (χ2n) is 3.40. The number of hydrogen-bond acceptors (Lipinski definition) is 2. The minimum absolute atomic E-state index is 0.268. The molecular weight excluding hydrogens is 191 g/mol. The van der Waals surface area contributed by atoms with Crippen molar-refractivity contribution in [3.05, 3.63) is 47.9 Å². The Hall–Kier alpha value is -1.90. The van der Waals surface area contributed by atoms with E-state index >= 15 is 0 Å². The number of hydrogen-bond donors (Lipinski definition) is 1. The third-order valence-electron chi connectivity index (χ3n) is 2.30. The lowest BCUT2D eigenvalue weighted by atomic mass is 10.0. The molecule has 2 nitrogen and oxygen atoms in total. The summed E-state index contributed by atoms with van der Waals surface area (Å²) < 4.78 is 13.1. The summed E-state index contributed by atoms with van der Waals surface area (Å²) in [6.45, 7) is 1.93. The maximum Gasteiger partial charge on any atom is 0.131 e. The molecule has 0 amide bonds. The second-order valence-corrected chi connectivity index (χ2v) is 3.40. The highest BCUT2D eigenvalue weighted by molar-refractivity contribution is 5.76. The van der Waals surface area contributed by atoms with E-state index in [9.17, 15) is 4.39 Å². The summed E-state index contributed by atoms with van der Waals surface area (Å²) in [6.07, 6.45) is 1.65. The van der Waals surface area contributed by atoms with Crippen molar-refractivity contribution in [2.75, 3.05) is 5.73 Å². The van der Waals surface area contributed by atoms with Crippen molar-refractivity contribution in [1.82, 2.24) is 4.98 Å². The zero-order valence-electron chi connectivity index (χ0n) is 8.37. The number of nitrogens with two attached hydrogens (primary N) is 1. The molecule has 1 heterocycles. The van der Waals surface area contributed by atoms with Crippen molar-refractivity contribution in [3.63, 3.8) is 0 Å². The fourth-order valence-electron chi connectivity index (χ4n) is 1.60. The topological polar surface area (TPSA) is 38.9 Å². The van der Waals surface area contributed by atoms with Crippen LogP contribution >= 0.6 is 0 Å². The van der Waals surface area contributed by atoms with Crippen molar-refractivity contribution in [1.29, 1.82) is 0 Å². The summed E-state index contributed by atoms with van der Waals surface area (Å²) in [5.41, 5.74) is 8.33. The van der Waals surface area contributed by atoms with Crippen LogP contribution < -0.4 is 5.73 Å². The average molecular weight is 202 g/mol. The van der Waals surface area contributed by atoms with Crippen LogP contribution in [-0.4, -0.2) is 4.98 Å². The Kier molecular flexibility index (Phi) is 2.37. The van der Waals surface area contributed by atoms with E-state index in [1.165, 1.54) is 12.1 Å². The molecule has 2 aromatic rings. The molecule has 0 bridgehead atoms. The molecule has 76 valence electrons. The standard InChI is InChI=1S/C12H11FN2/c1-8-5-6-15-12(14)11(8)9-3-2-4-10(13)7-9/h2-7H,1H3,(H2,14,15). The highest BCUT2D eigenvalue weighted by Crippen LogP contribution is 2.27. The molecule has 0 aliphatic rings. The van der Waals surface area contributed by atoms with Gasteiger partial charge in [-0.25, -0.2) is 9.37 Å². The lowest BCUT2D eigenvalue weighted by molar-refractivity contribution is 0.628. The normalized spacial score (nSPS) is 10.3. The Labute approximate surface area is 87.6 Å². The predicted octanol–water partition coefficient (Wildman–Crippen LogP) is 2.78. The molecule has 0 fully saturated rings. The van der Waals surface area contributed by atoms with Gasteiger partial charge in [0, 0.05) is 11.8 Å². The number of anilines is 1. The average Bonchev–Trinajstić information content (AvgIpc) is 2.17. The summed E-state index contributed by atoms with van der Waals surface area (Å²) in [7, 11) is 0. The van der Waals surface area contributed by atoms with Gasteiger partial charge >= 0.3 is 0 Å².